The van der Waals surface area contributed by atoms with Gasteiger partial charge in [0.1, 0.15) is 0 Å². The van der Waals surface area contributed by atoms with E-state index in [9.17, 15) is 9.59 Å². The van der Waals surface area contributed by atoms with Crippen LogP contribution in [0.1, 0.15) is 62.7 Å². The maximum Gasteiger partial charge on any atom is 0.243 e. The summed E-state index contributed by atoms with van der Waals surface area (Å²) in [6, 6.07) is 8.40. The number of hydrogen-bond acceptors (Lipinski definition) is 3. The largest absolute Gasteiger partial charge is 0.356 e. The Kier molecular flexibility index (Phi) is 5.93. The summed E-state index contributed by atoms with van der Waals surface area (Å²) in [6.07, 6.45) is 5.16. The number of hydroxylamine groups is 1. The van der Waals surface area contributed by atoms with Gasteiger partial charge in [-0.15, -0.1) is 0 Å². The summed E-state index contributed by atoms with van der Waals surface area (Å²) in [5, 5.41) is 9.71. The summed E-state index contributed by atoms with van der Waals surface area (Å²) in [6.45, 7) is 2.87. The highest BCUT2D eigenvalue weighted by Gasteiger charge is 2.29. The summed E-state index contributed by atoms with van der Waals surface area (Å²) in [5.41, 5.74) is 5.29. The molecule has 3 N–H and O–H groups in total. The van der Waals surface area contributed by atoms with E-state index in [1.165, 1.54) is 16.6 Å². The Balaban J connectivity index is 1.51. The topological polar surface area (TPSA) is 85.4 Å². The van der Waals surface area contributed by atoms with Crippen molar-refractivity contribution in [2.24, 2.45) is 0 Å². The van der Waals surface area contributed by atoms with Crippen LogP contribution in [0.5, 0.6) is 0 Å². The number of rotatable bonds is 7. The van der Waals surface area contributed by atoms with Crippen molar-refractivity contribution in [3.8, 4) is 0 Å². The van der Waals surface area contributed by atoms with E-state index in [1.807, 2.05) is 11.0 Å². The van der Waals surface area contributed by atoms with Gasteiger partial charge in [-0.25, -0.2) is 5.48 Å². The quantitative estimate of drug-likeness (QED) is 0.403. The van der Waals surface area contributed by atoms with Crippen molar-refractivity contribution in [3.63, 3.8) is 0 Å². The van der Waals surface area contributed by atoms with Crippen molar-refractivity contribution in [1.82, 2.24) is 15.4 Å². The second-order valence-electron chi connectivity index (χ2n) is 7.03. The smallest absolute Gasteiger partial charge is 0.243 e. The van der Waals surface area contributed by atoms with E-state index in [0.717, 1.165) is 44.2 Å². The van der Waals surface area contributed by atoms with Gasteiger partial charge >= 0.3 is 0 Å². The fourth-order valence-electron chi connectivity index (χ4n) is 3.88. The number of unbranched alkanes of at least 4 members (excludes halogenated alkanes) is 3. The van der Waals surface area contributed by atoms with Crippen LogP contribution in [-0.2, 0) is 16.0 Å². The molecule has 6 nitrogen and oxygen atoms in total. The molecule has 26 heavy (non-hydrogen) atoms. The molecular weight excluding hydrogens is 330 g/mol. The van der Waals surface area contributed by atoms with Gasteiger partial charge in [-0.2, -0.15) is 0 Å². The summed E-state index contributed by atoms with van der Waals surface area (Å²) >= 11 is 0. The van der Waals surface area contributed by atoms with Gasteiger partial charge in [0.05, 0.1) is 6.04 Å². The maximum absolute atomic E-state index is 12.6. The molecule has 1 aromatic heterocycles. The van der Waals surface area contributed by atoms with Crippen LogP contribution in [0.25, 0.3) is 10.9 Å². The molecule has 1 atom stereocenters. The third-order valence-electron chi connectivity index (χ3n) is 5.32. The number of carbonyl (C=O) groups excluding carboxylic acids is 2. The number of amides is 2. The molecule has 3 rings (SSSR count). The zero-order valence-corrected chi connectivity index (χ0v) is 15.3. The van der Waals surface area contributed by atoms with Gasteiger partial charge in [-0.1, -0.05) is 31.0 Å². The van der Waals surface area contributed by atoms with E-state index in [0.29, 0.717) is 12.8 Å². The molecule has 1 aromatic carbocycles. The highest BCUT2D eigenvalue weighted by molar-refractivity contribution is 5.86. The van der Waals surface area contributed by atoms with E-state index in [-0.39, 0.29) is 17.9 Å². The van der Waals surface area contributed by atoms with Gasteiger partial charge in [0.25, 0.3) is 0 Å². The van der Waals surface area contributed by atoms with Crippen molar-refractivity contribution in [2.45, 2.75) is 57.9 Å². The Morgan fingerprint density at radius 2 is 1.92 bits per heavy atom. The summed E-state index contributed by atoms with van der Waals surface area (Å²) in [5.74, 6) is -0.146. The molecule has 0 saturated carbocycles. The molecule has 2 aromatic rings. The van der Waals surface area contributed by atoms with Crippen LogP contribution in [-0.4, -0.2) is 33.5 Å². The summed E-state index contributed by atoms with van der Waals surface area (Å²) in [4.78, 5) is 29.1. The summed E-state index contributed by atoms with van der Waals surface area (Å²) in [7, 11) is 0. The van der Waals surface area contributed by atoms with E-state index in [1.54, 1.807) is 5.48 Å². The Morgan fingerprint density at radius 1 is 1.19 bits per heavy atom. The molecule has 1 unspecified atom stereocenters. The minimum Gasteiger partial charge on any atom is -0.356 e. The normalized spacial score (nSPS) is 16.5. The van der Waals surface area contributed by atoms with E-state index >= 15 is 0 Å². The van der Waals surface area contributed by atoms with Crippen molar-refractivity contribution in [1.29, 1.82) is 0 Å². The lowest BCUT2D eigenvalue weighted by molar-refractivity contribution is -0.134. The van der Waals surface area contributed by atoms with Crippen molar-refractivity contribution < 1.29 is 14.8 Å². The minimum atomic E-state index is -0.350. The molecule has 6 heteroatoms. The molecule has 0 aliphatic carbocycles. The third-order valence-corrected chi connectivity index (χ3v) is 5.32. The van der Waals surface area contributed by atoms with E-state index < -0.39 is 0 Å². The molecule has 0 fully saturated rings. The molecule has 1 aliphatic heterocycles. The number of H-pyrrole nitrogens is 1. The average molecular weight is 357 g/mol. The second-order valence-corrected chi connectivity index (χ2v) is 7.03. The Hall–Kier alpha value is -2.34. The van der Waals surface area contributed by atoms with Crippen LogP contribution >= 0.6 is 0 Å². The molecule has 2 amide bonds. The predicted molar refractivity (Wildman–Crippen MR) is 99.8 cm³/mol. The first-order chi connectivity index (χ1) is 12.6. The van der Waals surface area contributed by atoms with Crippen LogP contribution in [0.15, 0.2) is 24.3 Å². The molecule has 0 bridgehead atoms. The molecule has 2 heterocycles. The van der Waals surface area contributed by atoms with Crippen LogP contribution in [0.4, 0.5) is 0 Å². The lowest BCUT2D eigenvalue weighted by Gasteiger charge is -2.33. The Morgan fingerprint density at radius 3 is 2.69 bits per heavy atom. The minimum absolute atomic E-state index is 0.0758. The lowest BCUT2D eigenvalue weighted by Crippen LogP contribution is -2.38. The SMILES string of the molecule is CC1c2[nH]c3ccccc3c2CCN1C(=O)CCCCCCC(=O)NO. The number of nitrogens with zero attached hydrogens (tertiary/aromatic N) is 1. The van der Waals surface area contributed by atoms with Crippen LogP contribution in [0, 0.1) is 0 Å². The van der Waals surface area contributed by atoms with Gasteiger partial charge in [-0.05, 0) is 37.8 Å². The number of carbonyl (C=O) groups is 2. The molecular formula is C20H27N3O3. The number of nitrogens with one attached hydrogen (secondary N) is 2. The number of fused-ring (bicyclic) bond motifs is 3. The molecule has 0 spiro atoms. The lowest BCUT2D eigenvalue weighted by atomic mass is 9.97. The Bertz CT molecular complexity index is 784. The predicted octanol–water partition coefficient (Wildman–Crippen LogP) is 3.46. The first kappa shape index (κ1) is 18.5. The highest BCUT2D eigenvalue weighted by Crippen LogP contribution is 2.34. The maximum atomic E-state index is 12.6. The molecule has 0 saturated heterocycles. The number of hydrogen-bond donors (Lipinski definition) is 3. The monoisotopic (exact) mass is 357 g/mol. The van der Waals surface area contributed by atoms with Crippen molar-refractivity contribution in [2.75, 3.05) is 6.54 Å². The van der Waals surface area contributed by atoms with Gasteiger partial charge in [0.2, 0.25) is 11.8 Å². The van der Waals surface area contributed by atoms with Gasteiger partial charge < -0.3 is 9.88 Å². The molecule has 1 aliphatic rings. The Labute approximate surface area is 153 Å². The number of aromatic nitrogens is 1. The standard InChI is InChI=1S/C20H27N3O3/c1-14-20-16(15-8-6-7-9-17(15)21-20)12-13-23(14)19(25)11-5-3-2-4-10-18(24)22-26/h6-9,14,21,26H,2-5,10-13H2,1H3,(H,22,24). The van der Waals surface area contributed by atoms with Crippen molar-refractivity contribution in [3.05, 3.63) is 35.5 Å². The molecule has 0 radical (unpaired) electrons. The average Bonchev–Trinajstić information content (AvgIpc) is 3.04. The van der Waals surface area contributed by atoms with Gasteiger partial charge in [-0.3, -0.25) is 14.8 Å². The third kappa shape index (κ3) is 3.90. The van der Waals surface area contributed by atoms with E-state index in [2.05, 4.69) is 30.1 Å². The fourth-order valence-corrected chi connectivity index (χ4v) is 3.88. The van der Waals surface area contributed by atoms with E-state index in [4.69, 9.17) is 5.21 Å². The first-order valence-electron chi connectivity index (χ1n) is 9.43. The van der Waals surface area contributed by atoms with Crippen LogP contribution in [0.2, 0.25) is 0 Å². The second kappa shape index (κ2) is 8.36. The first-order valence-corrected chi connectivity index (χ1v) is 9.43. The molecule has 140 valence electrons. The van der Waals surface area contributed by atoms with Crippen molar-refractivity contribution >= 4 is 22.7 Å². The van der Waals surface area contributed by atoms with Crippen LogP contribution < -0.4 is 5.48 Å². The van der Waals surface area contributed by atoms with Gasteiger partial charge in [0.15, 0.2) is 0 Å². The fraction of sp³-hybridized carbons (Fsp3) is 0.500. The number of aromatic amines is 1. The summed E-state index contributed by atoms with van der Waals surface area (Å²) < 4.78 is 0. The van der Waals surface area contributed by atoms with Crippen LogP contribution in [0.3, 0.4) is 0 Å². The van der Waals surface area contributed by atoms with Gasteiger partial charge in [0, 0.05) is 36.0 Å². The highest BCUT2D eigenvalue weighted by atomic mass is 16.5. The number of para-hydroxylation sites is 1. The number of benzene rings is 1. The zero-order chi connectivity index (χ0) is 18.5. The zero-order valence-electron chi connectivity index (χ0n) is 15.3.